The molecule has 5 rings (SSSR count). The van der Waals surface area contributed by atoms with Gasteiger partial charge in [0.05, 0.1) is 32.9 Å². The molecule has 2 fully saturated rings. The molecule has 4 atom stereocenters. The van der Waals surface area contributed by atoms with E-state index in [1.54, 1.807) is 14.2 Å². The molecule has 56 heavy (non-hydrogen) atoms. The summed E-state index contributed by atoms with van der Waals surface area (Å²) >= 11 is 1.90. The van der Waals surface area contributed by atoms with Crippen molar-refractivity contribution in [3.05, 3.63) is 95.6 Å². The van der Waals surface area contributed by atoms with Gasteiger partial charge in [-0.05, 0) is 79.5 Å². The van der Waals surface area contributed by atoms with Crippen LogP contribution in [0.3, 0.4) is 0 Å². The van der Waals surface area contributed by atoms with Crippen molar-refractivity contribution in [2.24, 2.45) is 5.92 Å². The predicted molar refractivity (Wildman–Crippen MR) is 221 cm³/mol. The maximum absolute atomic E-state index is 12.5. The quantitative estimate of drug-likeness (QED) is 0.0382. The third-order valence-electron chi connectivity index (χ3n) is 10.8. The number of hydrogen-bond donors (Lipinski definition) is 5. The standard InChI is InChI=1S/C44H60N4O7S/c1-53-36-23-19-34(20-24-36)44(33-14-5-3-6-15-33,35-21-25-37(54-2)26-22-35)55-30-32(29-49)13-10-12-28-46-40(50)17-7-4-11-27-45-41(51)18-9-8-16-39-42-38(31-56-39)47-43(52)48-42/h3,5-6,14-15,19-26,32,38-39,42,49H,4,7-13,16-18,27-31H2,1-2H3,(H,45,51)(H,46,50)(H2,47,48,52)/t32?,38-,39-,42-/m0/s1. The summed E-state index contributed by atoms with van der Waals surface area (Å²) in [7, 11) is 3.30. The fourth-order valence-corrected chi connectivity index (χ4v) is 9.14. The van der Waals surface area contributed by atoms with E-state index in [0.29, 0.717) is 37.8 Å². The number of unbranched alkanes of at least 4 members (excludes halogenated alkanes) is 4. The van der Waals surface area contributed by atoms with E-state index in [2.05, 4.69) is 33.4 Å². The monoisotopic (exact) mass is 788 g/mol. The smallest absolute Gasteiger partial charge is 0.315 e. The number of thioether (sulfide) groups is 1. The second-order valence-corrected chi connectivity index (χ2v) is 16.0. The number of rotatable bonds is 25. The van der Waals surface area contributed by atoms with Crippen LogP contribution >= 0.6 is 11.8 Å². The van der Waals surface area contributed by atoms with Gasteiger partial charge in [0.25, 0.3) is 0 Å². The molecule has 2 saturated heterocycles. The molecular formula is C44H60N4O7S. The highest BCUT2D eigenvalue weighted by Gasteiger charge is 2.42. The van der Waals surface area contributed by atoms with Crippen molar-refractivity contribution in [2.75, 3.05) is 46.3 Å². The van der Waals surface area contributed by atoms with Gasteiger partial charge in [-0.25, -0.2) is 4.79 Å². The van der Waals surface area contributed by atoms with Gasteiger partial charge in [0.15, 0.2) is 0 Å². The molecule has 0 radical (unpaired) electrons. The number of aliphatic hydroxyl groups is 1. The second kappa shape index (κ2) is 22.5. The van der Waals surface area contributed by atoms with Crippen molar-refractivity contribution in [1.82, 2.24) is 21.3 Å². The summed E-state index contributed by atoms with van der Waals surface area (Å²) in [5.41, 5.74) is 1.91. The van der Waals surface area contributed by atoms with Crippen molar-refractivity contribution in [1.29, 1.82) is 0 Å². The Balaban J connectivity index is 0.975. The lowest BCUT2D eigenvalue weighted by molar-refractivity contribution is -0.122. The number of nitrogens with one attached hydrogen (secondary N) is 4. The van der Waals surface area contributed by atoms with Crippen LogP contribution in [0.2, 0.25) is 0 Å². The Labute approximate surface area is 336 Å². The van der Waals surface area contributed by atoms with Gasteiger partial charge < -0.3 is 40.6 Å². The van der Waals surface area contributed by atoms with E-state index in [4.69, 9.17) is 14.2 Å². The zero-order chi connectivity index (χ0) is 39.6. The lowest BCUT2D eigenvalue weighted by Gasteiger charge is -2.37. The molecule has 2 aliphatic heterocycles. The second-order valence-electron chi connectivity index (χ2n) is 14.7. The Morgan fingerprint density at radius 2 is 1.34 bits per heavy atom. The first-order chi connectivity index (χ1) is 27.4. The summed E-state index contributed by atoms with van der Waals surface area (Å²) in [4.78, 5) is 36.3. The number of aliphatic hydroxyl groups excluding tert-OH is 1. The lowest BCUT2D eigenvalue weighted by Crippen LogP contribution is -2.36. The first-order valence-electron chi connectivity index (χ1n) is 20.2. The van der Waals surface area contributed by atoms with Gasteiger partial charge in [-0.1, -0.05) is 73.9 Å². The minimum absolute atomic E-state index is 0.0106. The van der Waals surface area contributed by atoms with Crippen LogP contribution in [0.25, 0.3) is 0 Å². The normalized spacial score (nSPS) is 18.1. The SMILES string of the molecule is COc1ccc(C(OCC(CO)CCCCNC(=O)CCCCCNC(=O)CCCC[C@@H]2SC[C@@H]3NC(=O)N[C@@H]32)(c2ccccc2)c2ccc(OC)cc2)cc1. The largest absolute Gasteiger partial charge is 0.497 e. The highest BCUT2D eigenvalue weighted by atomic mass is 32.2. The molecule has 304 valence electrons. The van der Waals surface area contributed by atoms with Crippen LogP contribution in [0, 0.1) is 5.92 Å². The van der Waals surface area contributed by atoms with Crippen LogP contribution in [0.1, 0.15) is 87.3 Å². The fourth-order valence-electron chi connectivity index (χ4n) is 7.60. The van der Waals surface area contributed by atoms with E-state index in [0.717, 1.165) is 91.7 Å². The fraction of sp³-hybridized carbons (Fsp3) is 0.523. The average molecular weight is 789 g/mol. The summed E-state index contributed by atoms with van der Waals surface area (Å²) in [6, 6.07) is 26.4. The molecule has 0 saturated carbocycles. The number of ether oxygens (including phenoxy) is 3. The number of amides is 4. The third-order valence-corrected chi connectivity index (χ3v) is 12.3. The minimum atomic E-state index is -0.943. The van der Waals surface area contributed by atoms with Crippen molar-refractivity contribution < 1.29 is 33.7 Å². The Morgan fingerprint density at radius 3 is 1.93 bits per heavy atom. The summed E-state index contributed by atoms with van der Waals surface area (Å²) in [6.45, 7) is 1.54. The maximum Gasteiger partial charge on any atom is 0.315 e. The van der Waals surface area contributed by atoms with Gasteiger partial charge in [-0.2, -0.15) is 11.8 Å². The molecule has 0 aliphatic carbocycles. The molecule has 3 aromatic carbocycles. The highest BCUT2D eigenvalue weighted by molar-refractivity contribution is 8.00. The number of carbonyl (C=O) groups is 3. The van der Waals surface area contributed by atoms with Gasteiger partial charge in [-0.3, -0.25) is 9.59 Å². The van der Waals surface area contributed by atoms with Gasteiger partial charge in [0.2, 0.25) is 11.8 Å². The van der Waals surface area contributed by atoms with E-state index in [9.17, 15) is 19.5 Å². The van der Waals surface area contributed by atoms with Crippen LogP contribution in [-0.4, -0.2) is 86.6 Å². The first kappa shape index (κ1) is 42.9. The number of methoxy groups -OCH3 is 2. The van der Waals surface area contributed by atoms with Crippen molar-refractivity contribution in [2.45, 2.75) is 93.6 Å². The molecule has 12 heteroatoms. The van der Waals surface area contributed by atoms with Gasteiger partial charge in [0.1, 0.15) is 17.1 Å². The Morgan fingerprint density at radius 1 is 0.768 bits per heavy atom. The molecule has 0 spiro atoms. The number of hydrogen-bond acceptors (Lipinski definition) is 8. The van der Waals surface area contributed by atoms with Crippen LogP contribution in [0.5, 0.6) is 11.5 Å². The summed E-state index contributed by atoms with van der Waals surface area (Å²) in [5.74, 6) is 2.49. The number of benzene rings is 3. The summed E-state index contributed by atoms with van der Waals surface area (Å²) < 4.78 is 17.9. The van der Waals surface area contributed by atoms with Gasteiger partial charge in [-0.15, -0.1) is 0 Å². The van der Waals surface area contributed by atoms with Gasteiger partial charge in [0, 0.05) is 49.5 Å². The molecule has 0 aromatic heterocycles. The van der Waals surface area contributed by atoms with Gasteiger partial charge >= 0.3 is 6.03 Å². The number of fused-ring (bicyclic) bond motifs is 1. The van der Waals surface area contributed by atoms with Crippen molar-refractivity contribution in [3.63, 3.8) is 0 Å². The molecule has 0 bridgehead atoms. The molecule has 2 aliphatic rings. The average Bonchev–Trinajstić information content (AvgIpc) is 3.79. The van der Waals surface area contributed by atoms with Crippen LogP contribution in [0.15, 0.2) is 78.9 Å². The van der Waals surface area contributed by atoms with Crippen LogP contribution < -0.4 is 30.7 Å². The minimum Gasteiger partial charge on any atom is -0.497 e. The molecule has 11 nitrogen and oxygen atoms in total. The van der Waals surface area contributed by atoms with Crippen molar-refractivity contribution >= 4 is 29.6 Å². The first-order valence-corrected chi connectivity index (χ1v) is 21.2. The van der Waals surface area contributed by atoms with E-state index in [-0.39, 0.29) is 42.5 Å². The summed E-state index contributed by atoms with van der Waals surface area (Å²) in [5, 5.41) is 22.9. The van der Waals surface area contributed by atoms with E-state index < -0.39 is 5.60 Å². The number of urea groups is 1. The molecule has 4 amide bonds. The van der Waals surface area contributed by atoms with Crippen LogP contribution in [-0.2, 0) is 19.9 Å². The van der Waals surface area contributed by atoms with E-state index in [1.165, 1.54) is 0 Å². The Kier molecular flexibility index (Phi) is 17.2. The van der Waals surface area contributed by atoms with E-state index in [1.807, 2.05) is 78.5 Å². The molecule has 1 unspecified atom stereocenters. The highest BCUT2D eigenvalue weighted by Crippen LogP contribution is 2.42. The lowest BCUT2D eigenvalue weighted by atomic mass is 9.79. The molecule has 2 heterocycles. The Bertz CT molecular complexity index is 1600. The van der Waals surface area contributed by atoms with E-state index >= 15 is 0 Å². The topological polar surface area (TPSA) is 147 Å². The summed E-state index contributed by atoms with van der Waals surface area (Å²) in [6.07, 6.45) is 8.73. The third kappa shape index (κ3) is 12.1. The zero-order valence-corrected chi connectivity index (χ0v) is 33.8. The maximum atomic E-state index is 12.5. The number of carbonyl (C=O) groups excluding carboxylic acids is 3. The zero-order valence-electron chi connectivity index (χ0n) is 32.9. The Hall–Kier alpha value is -4.26. The predicted octanol–water partition coefficient (Wildman–Crippen LogP) is 6.31. The van der Waals surface area contributed by atoms with Crippen LogP contribution in [0.4, 0.5) is 4.79 Å². The molecule has 3 aromatic rings. The molecule has 5 N–H and O–H groups in total. The molecular weight excluding hydrogens is 729 g/mol. The van der Waals surface area contributed by atoms with Crippen molar-refractivity contribution in [3.8, 4) is 11.5 Å².